The molecule has 0 saturated carbocycles. The highest BCUT2D eigenvalue weighted by Crippen LogP contribution is 2.37. The number of alkyl halides is 3. The number of aromatic nitrogens is 2. The lowest BCUT2D eigenvalue weighted by atomic mass is 9.96. The quantitative estimate of drug-likeness (QED) is 0.105. The number of fused-ring (bicyclic) bond motifs is 1. The highest BCUT2D eigenvalue weighted by atomic mass is 35.5. The molecular formula is C42H44ClF3N6O4S3. The summed E-state index contributed by atoms with van der Waals surface area (Å²) in [5.74, 6) is 0.430. The molecule has 1 saturated heterocycles. The van der Waals surface area contributed by atoms with Gasteiger partial charge in [0.15, 0.2) is 0 Å². The third-order valence-corrected chi connectivity index (χ3v) is 15.1. The summed E-state index contributed by atoms with van der Waals surface area (Å²) in [6.45, 7) is 5.57. The molecule has 1 fully saturated rings. The summed E-state index contributed by atoms with van der Waals surface area (Å²) < 4.78 is 97.7. The first-order chi connectivity index (χ1) is 28.2. The predicted molar refractivity (Wildman–Crippen MR) is 227 cm³/mol. The number of anilines is 2. The number of hydrogen-bond donors (Lipinski definition) is 2. The van der Waals surface area contributed by atoms with Crippen LogP contribution in [0.25, 0.3) is 11.1 Å². The van der Waals surface area contributed by atoms with Gasteiger partial charge in [0.25, 0.3) is 19.9 Å². The molecule has 0 amide bonds. The zero-order valence-corrected chi connectivity index (χ0v) is 35.4. The smallest absolute Gasteiger partial charge is 0.380 e. The molecule has 59 heavy (non-hydrogen) atoms. The zero-order chi connectivity index (χ0) is 41.8. The van der Waals surface area contributed by atoms with Gasteiger partial charge in [-0.25, -0.2) is 26.8 Å². The van der Waals surface area contributed by atoms with E-state index in [9.17, 15) is 30.0 Å². The van der Waals surface area contributed by atoms with E-state index in [2.05, 4.69) is 48.0 Å². The molecule has 3 heterocycles. The van der Waals surface area contributed by atoms with Gasteiger partial charge in [0.2, 0.25) is 0 Å². The van der Waals surface area contributed by atoms with Gasteiger partial charge in [-0.15, -0.1) is 11.8 Å². The molecular weight excluding hydrogens is 841 g/mol. The highest BCUT2D eigenvalue weighted by Gasteiger charge is 2.48. The first-order valence-electron chi connectivity index (χ1n) is 19.3. The average molecular weight is 886 g/mol. The Morgan fingerprint density at radius 1 is 0.898 bits per heavy atom. The molecule has 0 aliphatic carbocycles. The largest absolute Gasteiger partial charge is 0.501 e. The van der Waals surface area contributed by atoms with E-state index in [4.69, 9.17) is 11.6 Å². The van der Waals surface area contributed by atoms with Crippen LogP contribution in [0.1, 0.15) is 43.0 Å². The van der Waals surface area contributed by atoms with Gasteiger partial charge in [0.1, 0.15) is 17.0 Å². The Kier molecular flexibility index (Phi) is 13.2. The van der Waals surface area contributed by atoms with Crippen LogP contribution >= 0.6 is 23.4 Å². The van der Waals surface area contributed by atoms with Crippen LogP contribution in [0.5, 0.6) is 0 Å². The van der Waals surface area contributed by atoms with Crippen LogP contribution < -0.4 is 10.0 Å². The van der Waals surface area contributed by atoms with E-state index in [1.165, 1.54) is 29.2 Å². The van der Waals surface area contributed by atoms with Crippen LogP contribution in [-0.4, -0.2) is 79.6 Å². The van der Waals surface area contributed by atoms with Gasteiger partial charge in [0, 0.05) is 53.0 Å². The lowest BCUT2D eigenvalue weighted by Crippen LogP contribution is -2.46. The maximum Gasteiger partial charge on any atom is 0.501 e. The van der Waals surface area contributed by atoms with Crippen LogP contribution in [0.2, 0.25) is 5.02 Å². The summed E-state index contributed by atoms with van der Waals surface area (Å²) in [6, 6.07) is 28.2. The summed E-state index contributed by atoms with van der Waals surface area (Å²) in [7, 11) is -10.5. The Balaban J connectivity index is 1.02. The Morgan fingerprint density at radius 2 is 1.61 bits per heavy atom. The third-order valence-electron chi connectivity index (χ3n) is 10.8. The molecule has 7 rings (SSSR count). The molecule has 0 bridgehead atoms. The maximum atomic E-state index is 14.0. The Bertz CT molecular complexity index is 2470. The van der Waals surface area contributed by atoms with Gasteiger partial charge < -0.3 is 5.32 Å². The lowest BCUT2D eigenvalue weighted by molar-refractivity contribution is -0.0435. The molecule has 0 radical (unpaired) electrons. The van der Waals surface area contributed by atoms with Gasteiger partial charge in [-0.1, -0.05) is 73.1 Å². The fourth-order valence-electron chi connectivity index (χ4n) is 7.54. The number of piperidine rings is 1. The van der Waals surface area contributed by atoms with Crippen molar-refractivity contribution in [3.05, 3.63) is 125 Å². The fourth-order valence-corrected chi connectivity index (χ4v) is 10.8. The topological polar surface area (TPSA) is 125 Å². The standard InChI is InChI=1S/C42H44ClF3N6O4S3/c1-2-32(27-57-34-9-4-3-5-10-34)49-38-17-16-35(24-40(38)58(53,54)42(44,45)46)59(55,56)50-41-37-20-23-52(26-39(37)47-28-48-41)33-18-21-51(22-19-33)25-30-8-6-7-11-36(30)29-12-14-31(43)15-13-29/h3-17,24,28,32-33,49H,2,18-23,25-27H2,1H3,(H,47,48,50). The number of halogens is 4. The first-order valence-corrected chi connectivity index (χ1v) is 23.6. The summed E-state index contributed by atoms with van der Waals surface area (Å²) in [4.78, 5) is 12.6. The van der Waals surface area contributed by atoms with Gasteiger partial charge in [-0.05, 0) is 97.9 Å². The van der Waals surface area contributed by atoms with E-state index in [0.717, 1.165) is 55.1 Å². The van der Waals surface area contributed by atoms with E-state index in [0.29, 0.717) is 60.1 Å². The highest BCUT2D eigenvalue weighted by molar-refractivity contribution is 7.99. The lowest BCUT2D eigenvalue weighted by Gasteiger charge is -2.40. The average Bonchev–Trinajstić information content (AvgIpc) is 3.23. The Morgan fingerprint density at radius 3 is 2.32 bits per heavy atom. The number of nitrogens with zero attached hydrogens (tertiary/aromatic N) is 4. The van der Waals surface area contributed by atoms with Crippen molar-refractivity contribution >= 4 is 54.7 Å². The second kappa shape index (κ2) is 18.2. The molecule has 2 aliphatic rings. The number of thioether (sulfide) groups is 1. The zero-order valence-electron chi connectivity index (χ0n) is 32.2. The molecule has 2 aliphatic heterocycles. The molecule has 10 nitrogen and oxygen atoms in total. The molecule has 5 aromatic rings. The Hall–Kier alpha value is -4.19. The molecule has 312 valence electrons. The molecule has 17 heteroatoms. The first kappa shape index (κ1) is 42.9. The number of benzene rings is 4. The second-order valence-corrected chi connectivity index (χ2v) is 19.7. The van der Waals surface area contributed by atoms with Crippen molar-refractivity contribution in [1.29, 1.82) is 0 Å². The molecule has 1 unspecified atom stereocenters. The van der Waals surface area contributed by atoms with Gasteiger partial charge in [0.05, 0.1) is 16.3 Å². The SMILES string of the molecule is CCC(CSc1ccccc1)Nc1ccc(S(=O)(=O)Nc2ncnc3c2CCN(C2CCN(Cc4ccccc4-c4ccc(Cl)cc4)CC2)C3)cc1S(=O)(=O)C(F)(F)F. The third kappa shape index (κ3) is 10.1. The minimum atomic E-state index is -5.95. The number of likely N-dealkylation sites (tertiary alicyclic amines) is 1. The summed E-state index contributed by atoms with van der Waals surface area (Å²) in [6.07, 6.45) is 4.05. The van der Waals surface area contributed by atoms with Gasteiger partial charge in [-0.2, -0.15) is 13.2 Å². The molecule has 0 spiro atoms. The summed E-state index contributed by atoms with van der Waals surface area (Å²) in [5.41, 5.74) is -1.21. The predicted octanol–water partition coefficient (Wildman–Crippen LogP) is 8.90. The summed E-state index contributed by atoms with van der Waals surface area (Å²) in [5, 5.41) is 3.62. The van der Waals surface area contributed by atoms with Crippen LogP contribution in [0.4, 0.5) is 24.7 Å². The van der Waals surface area contributed by atoms with Crippen molar-refractivity contribution in [2.75, 3.05) is 35.4 Å². The number of sulfone groups is 1. The minimum absolute atomic E-state index is 0.00948. The van der Waals surface area contributed by atoms with Crippen molar-refractivity contribution in [3.63, 3.8) is 0 Å². The van der Waals surface area contributed by atoms with Crippen molar-refractivity contribution < 1.29 is 30.0 Å². The maximum absolute atomic E-state index is 14.0. The van der Waals surface area contributed by atoms with E-state index in [1.807, 2.05) is 67.6 Å². The van der Waals surface area contributed by atoms with Crippen molar-refractivity contribution in [3.8, 4) is 11.1 Å². The second-order valence-electron chi connectivity index (χ2n) is 14.6. The minimum Gasteiger partial charge on any atom is -0.380 e. The van der Waals surface area contributed by atoms with Crippen molar-refractivity contribution in [2.24, 2.45) is 0 Å². The van der Waals surface area contributed by atoms with Crippen LogP contribution in [-0.2, 0) is 39.4 Å². The molecule has 1 aromatic heterocycles. The van der Waals surface area contributed by atoms with Crippen LogP contribution in [0.3, 0.4) is 0 Å². The number of nitrogens with one attached hydrogen (secondary N) is 2. The van der Waals surface area contributed by atoms with E-state index < -0.39 is 41.2 Å². The van der Waals surface area contributed by atoms with Gasteiger partial charge >= 0.3 is 5.51 Å². The van der Waals surface area contributed by atoms with Crippen molar-refractivity contribution in [2.45, 2.75) is 78.0 Å². The molecule has 1 atom stereocenters. The van der Waals surface area contributed by atoms with Crippen LogP contribution in [0.15, 0.2) is 118 Å². The van der Waals surface area contributed by atoms with Crippen LogP contribution in [0, 0.1) is 0 Å². The number of hydrogen-bond acceptors (Lipinski definition) is 10. The van der Waals surface area contributed by atoms with E-state index in [-0.39, 0.29) is 11.5 Å². The van der Waals surface area contributed by atoms with Gasteiger partial charge in [-0.3, -0.25) is 14.5 Å². The van der Waals surface area contributed by atoms with E-state index in [1.54, 1.807) is 0 Å². The monoisotopic (exact) mass is 884 g/mol. The Labute approximate surface area is 352 Å². The van der Waals surface area contributed by atoms with Crippen molar-refractivity contribution in [1.82, 2.24) is 19.8 Å². The number of rotatable bonds is 14. The molecule has 4 aromatic carbocycles. The fraction of sp³-hybridized carbons (Fsp3) is 0.333. The number of sulfonamides is 1. The normalized spacial score (nSPS) is 16.4. The summed E-state index contributed by atoms with van der Waals surface area (Å²) >= 11 is 7.59. The van der Waals surface area contributed by atoms with E-state index >= 15 is 0 Å². The molecule has 2 N–H and O–H groups in total.